The Kier molecular flexibility index (Phi) is 7.37. The first kappa shape index (κ1) is 21.0. The van der Waals surface area contributed by atoms with E-state index >= 15 is 0 Å². The highest BCUT2D eigenvalue weighted by Crippen LogP contribution is 2.35. The minimum absolute atomic E-state index is 0.147. The van der Waals surface area contributed by atoms with Gasteiger partial charge >= 0.3 is 0 Å². The highest BCUT2D eigenvalue weighted by atomic mass is 32.2. The summed E-state index contributed by atoms with van der Waals surface area (Å²) in [7, 11) is 2.03. The highest BCUT2D eigenvalue weighted by molar-refractivity contribution is 7.84. The zero-order valence-corrected chi connectivity index (χ0v) is 17.8. The number of amides is 1. The van der Waals surface area contributed by atoms with E-state index in [1.165, 1.54) is 11.3 Å². The molecule has 3 rings (SSSR count). The van der Waals surface area contributed by atoms with Crippen molar-refractivity contribution in [2.24, 2.45) is 0 Å². The Hall–Kier alpha value is -2.71. The van der Waals surface area contributed by atoms with Crippen LogP contribution >= 0.6 is 11.3 Å². The number of carbonyl (C=O) groups excluding carboxylic acids is 1. The van der Waals surface area contributed by atoms with Gasteiger partial charge in [0, 0.05) is 40.1 Å². The fourth-order valence-corrected chi connectivity index (χ4v) is 4.65. The summed E-state index contributed by atoms with van der Waals surface area (Å²) < 4.78 is 23.0. The molecule has 1 amide bonds. The molecule has 1 N–H and O–H groups in total. The standard InChI is InChI=1S/C21H22N2O4S2/c1-26-17-8-9-18(19(12-17)27-2)21-23-16(13-28-21)14-29(25)11-10-20(24)22-15-6-4-3-5-7-15/h3-9,12-13H,10-11,14H2,1-2H3,(H,22,24). The Labute approximate surface area is 176 Å². The Morgan fingerprint density at radius 2 is 1.93 bits per heavy atom. The van der Waals surface area contributed by atoms with E-state index in [9.17, 15) is 9.00 Å². The molecule has 6 nitrogen and oxygen atoms in total. The third kappa shape index (κ3) is 5.88. The van der Waals surface area contributed by atoms with Crippen LogP contribution in [0, 0.1) is 0 Å². The maximum absolute atomic E-state index is 12.4. The van der Waals surface area contributed by atoms with Gasteiger partial charge in [0.15, 0.2) is 0 Å². The number of nitrogens with one attached hydrogen (secondary N) is 1. The normalized spacial score (nSPS) is 11.7. The Bertz CT molecular complexity index is 989. The fourth-order valence-electron chi connectivity index (χ4n) is 2.66. The van der Waals surface area contributed by atoms with E-state index in [1.807, 2.05) is 47.8 Å². The van der Waals surface area contributed by atoms with Gasteiger partial charge in [-0.05, 0) is 24.3 Å². The number of thiazole rings is 1. The molecule has 1 unspecified atom stereocenters. The van der Waals surface area contributed by atoms with Gasteiger partial charge in [0.1, 0.15) is 16.5 Å². The maximum Gasteiger partial charge on any atom is 0.225 e. The van der Waals surface area contributed by atoms with Gasteiger partial charge in [-0.3, -0.25) is 9.00 Å². The number of rotatable bonds is 9. The predicted octanol–water partition coefficient (Wildman–Crippen LogP) is 4.10. The summed E-state index contributed by atoms with van der Waals surface area (Å²) in [5.74, 6) is 1.83. The number of hydrogen-bond donors (Lipinski definition) is 1. The topological polar surface area (TPSA) is 77.5 Å². The van der Waals surface area contributed by atoms with Gasteiger partial charge < -0.3 is 14.8 Å². The molecule has 8 heteroatoms. The second-order valence-corrected chi connectivity index (χ2v) is 8.60. The molecule has 0 radical (unpaired) electrons. The highest BCUT2D eigenvalue weighted by Gasteiger charge is 2.14. The molecular formula is C21H22N2O4S2. The molecule has 0 fully saturated rings. The molecule has 1 heterocycles. The largest absolute Gasteiger partial charge is 0.497 e. The van der Waals surface area contributed by atoms with Gasteiger partial charge in [0.2, 0.25) is 5.91 Å². The van der Waals surface area contributed by atoms with Crippen molar-refractivity contribution in [1.29, 1.82) is 0 Å². The number of methoxy groups -OCH3 is 2. The summed E-state index contributed by atoms with van der Waals surface area (Å²) in [6, 6.07) is 14.8. The van der Waals surface area contributed by atoms with Crippen molar-refractivity contribution >= 4 is 33.7 Å². The SMILES string of the molecule is COc1ccc(-c2nc(CS(=O)CCC(=O)Nc3ccccc3)cs2)c(OC)c1. The molecular weight excluding hydrogens is 408 g/mol. The number of hydrogen-bond acceptors (Lipinski definition) is 6. The lowest BCUT2D eigenvalue weighted by Gasteiger charge is -2.08. The number of ether oxygens (including phenoxy) is 2. The molecule has 0 bridgehead atoms. The minimum Gasteiger partial charge on any atom is -0.497 e. The zero-order valence-electron chi connectivity index (χ0n) is 16.2. The van der Waals surface area contributed by atoms with Crippen LogP contribution in [0.15, 0.2) is 53.9 Å². The lowest BCUT2D eigenvalue weighted by atomic mass is 10.2. The summed E-state index contributed by atoms with van der Waals surface area (Å²) in [6.45, 7) is 0. The zero-order chi connectivity index (χ0) is 20.6. The van der Waals surface area contributed by atoms with Crippen molar-refractivity contribution in [3.63, 3.8) is 0 Å². The number of nitrogens with zero attached hydrogens (tertiary/aromatic N) is 1. The van der Waals surface area contributed by atoms with Gasteiger partial charge in [-0.25, -0.2) is 4.98 Å². The first-order valence-corrected chi connectivity index (χ1v) is 11.3. The summed E-state index contributed by atoms with van der Waals surface area (Å²) in [5, 5.41) is 5.48. The summed E-state index contributed by atoms with van der Waals surface area (Å²) >= 11 is 1.47. The Balaban J connectivity index is 1.56. The smallest absolute Gasteiger partial charge is 0.225 e. The first-order chi connectivity index (χ1) is 14.1. The predicted molar refractivity (Wildman–Crippen MR) is 117 cm³/mol. The van der Waals surface area contributed by atoms with E-state index in [4.69, 9.17) is 9.47 Å². The lowest BCUT2D eigenvalue weighted by Crippen LogP contribution is -2.15. The molecule has 0 aliphatic heterocycles. The summed E-state index contributed by atoms with van der Waals surface area (Å²) in [4.78, 5) is 16.6. The average Bonchev–Trinajstić information content (AvgIpc) is 3.20. The van der Waals surface area contributed by atoms with Crippen LogP contribution in [0.3, 0.4) is 0 Å². The maximum atomic E-state index is 12.4. The van der Waals surface area contributed by atoms with Gasteiger partial charge in [-0.2, -0.15) is 0 Å². The Morgan fingerprint density at radius 1 is 1.14 bits per heavy atom. The van der Waals surface area contributed by atoms with E-state index < -0.39 is 10.8 Å². The van der Waals surface area contributed by atoms with Crippen molar-refractivity contribution in [2.75, 3.05) is 25.3 Å². The van der Waals surface area contributed by atoms with Gasteiger partial charge in [0.25, 0.3) is 0 Å². The van der Waals surface area contributed by atoms with Crippen molar-refractivity contribution in [1.82, 2.24) is 4.98 Å². The van der Waals surface area contributed by atoms with Crippen molar-refractivity contribution in [2.45, 2.75) is 12.2 Å². The monoisotopic (exact) mass is 430 g/mol. The van der Waals surface area contributed by atoms with Crippen molar-refractivity contribution in [3.8, 4) is 22.1 Å². The summed E-state index contributed by atoms with van der Waals surface area (Å²) in [6.07, 6.45) is 0.199. The number of benzene rings is 2. The van der Waals surface area contributed by atoms with Crippen LogP contribution in [0.4, 0.5) is 5.69 Å². The van der Waals surface area contributed by atoms with E-state index in [1.54, 1.807) is 20.3 Å². The molecule has 0 aliphatic carbocycles. The van der Waals surface area contributed by atoms with Gasteiger partial charge in [0.05, 0.1) is 31.2 Å². The molecule has 0 saturated heterocycles. The van der Waals surface area contributed by atoms with Crippen molar-refractivity contribution in [3.05, 3.63) is 59.6 Å². The number of carbonyl (C=O) groups is 1. The van der Waals surface area contributed by atoms with Crippen LogP contribution < -0.4 is 14.8 Å². The molecule has 1 atom stereocenters. The number of anilines is 1. The molecule has 1 aromatic heterocycles. The number of aromatic nitrogens is 1. The fraction of sp³-hybridized carbons (Fsp3) is 0.238. The van der Waals surface area contributed by atoms with Crippen molar-refractivity contribution < 1.29 is 18.5 Å². The third-order valence-corrected chi connectivity index (χ3v) is 6.32. The molecule has 0 saturated carbocycles. The average molecular weight is 431 g/mol. The van der Waals surface area contributed by atoms with Crippen LogP contribution in [0.1, 0.15) is 12.1 Å². The molecule has 2 aromatic carbocycles. The summed E-state index contributed by atoms with van der Waals surface area (Å²) in [5.41, 5.74) is 2.34. The quantitative estimate of drug-likeness (QED) is 0.553. The van der Waals surface area contributed by atoms with Crippen LogP contribution in [0.25, 0.3) is 10.6 Å². The van der Waals surface area contributed by atoms with E-state index in [0.717, 1.165) is 22.0 Å². The molecule has 152 valence electrons. The van der Waals surface area contributed by atoms with Gasteiger partial charge in [-0.1, -0.05) is 18.2 Å². The second-order valence-electron chi connectivity index (χ2n) is 6.16. The molecule has 0 aliphatic rings. The van der Waals surface area contributed by atoms with Gasteiger partial charge in [-0.15, -0.1) is 11.3 Å². The van der Waals surface area contributed by atoms with Crippen LogP contribution in [-0.2, 0) is 21.3 Å². The molecule has 29 heavy (non-hydrogen) atoms. The van der Waals surface area contributed by atoms with Crippen LogP contribution in [-0.4, -0.2) is 35.1 Å². The first-order valence-electron chi connectivity index (χ1n) is 8.95. The van der Waals surface area contributed by atoms with E-state index in [-0.39, 0.29) is 18.1 Å². The number of para-hydroxylation sites is 1. The van der Waals surface area contributed by atoms with E-state index in [0.29, 0.717) is 17.3 Å². The van der Waals surface area contributed by atoms with Crippen LogP contribution in [0.2, 0.25) is 0 Å². The molecule has 0 spiro atoms. The third-order valence-electron chi connectivity index (χ3n) is 4.11. The minimum atomic E-state index is -1.17. The molecule has 3 aromatic rings. The van der Waals surface area contributed by atoms with E-state index in [2.05, 4.69) is 10.3 Å². The second kappa shape index (κ2) is 10.2. The van der Waals surface area contributed by atoms with Crippen LogP contribution in [0.5, 0.6) is 11.5 Å². The lowest BCUT2D eigenvalue weighted by molar-refractivity contribution is -0.115. The Morgan fingerprint density at radius 3 is 2.66 bits per heavy atom.